The lowest BCUT2D eigenvalue weighted by Gasteiger charge is -1.96. The van der Waals surface area contributed by atoms with Crippen LogP contribution in [-0.4, -0.2) is 0 Å². The van der Waals surface area contributed by atoms with E-state index in [1.165, 1.54) is 0 Å². The minimum atomic E-state index is 0.600. The van der Waals surface area contributed by atoms with E-state index in [2.05, 4.69) is 6.07 Å². The standard InChI is InChI=1S/C7H5Cl2/c1-5-6(8)3-2-4-7(5)9/h2-3H,1H3. The van der Waals surface area contributed by atoms with Crippen molar-refractivity contribution in [3.8, 4) is 0 Å². The van der Waals surface area contributed by atoms with Crippen molar-refractivity contribution >= 4 is 23.2 Å². The van der Waals surface area contributed by atoms with Gasteiger partial charge in [-0.2, -0.15) is 0 Å². The molecule has 47 valence electrons. The summed E-state index contributed by atoms with van der Waals surface area (Å²) in [6, 6.07) is 6.29. The molecule has 1 aromatic carbocycles. The smallest absolute Gasteiger partial charge is 0.0528 e. The van der Waals surface area contributed by atoms with Crippen molar-refractivity contribution in [2.24, 2.45) is 0 Å². The van der Waals surface area contributed by atoms with Crippen LogP contribution in [0.15, 0.2) is 12.1 Å². The lowest BCUT2D eigenvalue weighted by molar-refractivity contribution is 1.47. The molecule has 1 radical (unpaired) electrons. The van der Waals surface area contributed by atoms with E-state index < -0.39 is 0 Å². The van der Waals surface area contributed by atoms with E-state index in [1.807, 2.05) is 6.92 Å². The van der Waals surface area contributed by atoms with E-state index in [0.717, 1.165) is 5.56 Å². The van der Waals surface area contributed by atoms with Gasteiger partial charge >= 0.3 is 0 Å². The molecule has 0 aromatic heterocycles. The summed E-state index contributed by atoms with van der Waals surface area (Å²) in [6.45, 7) is 1.86. The van der Waals surface area contributed by atoms with Gasteiger partial charge in [0, 0.05) is 11.1 Å². The highest BCUT2D eigenvalue weighted by Gasteiger charge is 1.96. The molecule has 0 N–H and O–H groups in total. The minimum absolute atomic E-state index is 0.600. The molecule has 2 heteroatoms. The quantitative estimate of drug-likeness (QED) is 0.546. The number of hydrogen-bond acceptors (Lipinski definition) is 0. The van der Waals surface area contributed by atoms with Crippen LogP contribution >= 0.6 is 23.2 Å². The lowest BCUT2D eigenvalue weighted by Crippen LogP contribution is -1.74. The first-order valence-electron chi connectivity index (χ1n) is 2.54. The zero-order valence-electron chi connectivity index (χ0n) is 4.91. The summed E-state index contributed by atoms with van der Waals surface area (Å²) in [5.41, 5.74) is 0.890. The normalized spacial score (nSPS) is 9.67. The Kier molecular flexibility index (Phi) is 1.99. The Morgan fingerprint density at radius 1 is 1.44 bits per heavy atom. The highest BCUT2D eigenvalue weighted by atomic mass is 35.5. The van der Waals surface area contributed by atoms with Crippen molar-refractivity contribution in [2.75, 3.05) is 0 Å². The van der Waals surface area contributed by atoms with E-state index in [1.54, 1.807) is 12.1 Å². The van der Waals surface area contributed by atoms with Gasteiger partial charge in [0.25, 0.3) is 0 Å². The SMILES string of the molecule is Cc1c(Cl)[c]ccc1Cl. The molecule has 0 bridgehead atoms. The third-order valence-electron chi connectivity index (χ3n) is 1.13. The van der Waals surface area contributed by atoms with E-state index in [0.29, 0.717) is 10.0 Å². The molecule has 0 atom stereocenters. The maximum absolute atomic E-state index is 5.71. The van der Waals surface area contributed by atoms with Crippen LogP contribution in [0.3, 0.4) is 0 Å². The maximum Gasteiger partial charge on any atom is 0.0528 e. The van der Waals surface area contributed by atoms with Crippen LogP contribution in [0.4, 0.5) is 0 Å². The third kappa shape index (κ3) is 1.38. The van der Waals surface area contributed by atoms with E-state index in [9.17, 15) is 0 Å². The molecule has 9 heavy (non-hydrogen) atoms. The fraction of sp³-hybridized carbons (Fsp3) is 0.143. The summed E-state index contributed by atoms with van der Waals surface area (Å²) >= 11 is 11.4. The molecule has 1 rings (SSSR count). The second-order valence-corrected chi connectivity index (χ2v) is 2.55. The number of hydrogen-bond donors (Lipinski definition) is 0. The Morgan fingerprint density at radius 2 is 2.11 bits per heavy atom. The maximum atomic E-state index is 5.71. The molecular formula is C7H5Cl2. The van der Waals surface area contributed by atoms with E-state index >= 15 is 0 Å². The summed E-state index contributed by atoms with van der Waals surface area (Å²) in [6.07, 6.45) is 0. The van der Waals surface area contributed by atoms with Crippen molar-refractivity contribution in [2.45, 2.75) is 6.92 Å². The summed E-state index contributed by atoms with van der Waals surface area (Å²) in [7, 11) is 0. The summed E-state index contributed by atoms with van der Waals surface area (Å²) < 4.78 is 0. The van der Waals surface area contributed by atoms with Gasteiger partial charge in [0.1, 0.15) is 0 Å². The van der Waals surface area contributed by atoms with Gasteiger partial charge in [-0.05, 0) is 18.6 Å². The Labute approximate surface area is 64.4 Å². The van der Waals surface area contributed by atoms with Crippen molar-refractivity contribution in [3.63, 3.8) is 0 Å². The lowest BCUT2D eigenvalue weighted by atomic mass is 10.2. The first kappa shape index (κ1) is 6.91. The molecule has 0 heterocycles. The molecule has 0 saturated carbocycles. The minimum Gasteiger partial charge on any atom is -0.0840 e. The average molecular weight is 160 g/mol. The monoisotopic (exact) mass is 159 g/mol. The summed E-state index contributed by atoms with van der Waals surface area (Å²) in [5, 5.41) is 1.29. The Morgan fingerprint density at radius 3 is 2.56 bits per heavy atom. The van der Waals surface area contributed by atoms with Gasteiger partial charge in [0.15, 0.2) is 0 Å². The van der Waals surface area contributed by atoms with Gasteiger partial charge in [-0.25, -0.2) is 0 Å². The fourth-order valence-electron chi connectivity index (χ4n) is 0.526. The van der Waals surface area contributed by atoms with Crippen LogP contribution in [-0.2, 0) is 0 Å². The van der Waals surface area contributed by atoms with Crippen LogP contribution in [0, 0.1) is 13.0 Å². The Balaban J connectivity index is 3.25. The molecule has 0 fully saturated rings. The largest absolute Gasteiger partial charge is 0.0840 e. The Bertz CT molecular complexity index is 198. The number of benzene rings is 1. The van der Waals surface area contributed by atoms with Crippen molar-refractivity contribution in [3.05, 3.63) is 33.8 Å². The molecule has 0 spiro atoms. The molecule has 0 saturated heterocycles. The van der Waals surface area contributed by atoms with E-state index in [4.69, 9.17) is 23.2 Å². The molecule has 1 aromatic rings. The highest BCUT2D eigenvalue weighted by Crippen LogP contribution is 2.21. The number of rotatable bonds is 0. The van der Waals surface area contributed by atoms with Crippen molar-refractivity contribution < 1.29 is 0 Å². The molecular weight excluding hydrogens is 155 g/mol. The average Bonchev–Trinajstić information content (AvgIpc) is 1.83. The second-order valence-electron chi connectivity index (χ2n) is 1.76. The van der Waals surface area contributed by atoms with E-state index in [-0.39, 0.29) is 0 Å². The molecule has 0 aliphatic carbocycles. The molecule has 0 amide bonds. The first-order valence-corrected chi connectivity index (χ1v) is 3.29. The van der Waals surface area contributed by atoms with Crippen molar-refractivity contribution in [1.82, 2.24) is 0 Å². The van der Waals surface area contributed by atoms with Gasteiger partial charge in [-0.3, -0.25) is 0 Å². The Hall–Kier alpha value is -0.200. The van der Waals surface area contributed by atoms with Gasteiger partial charge in [0.05, 0.1) is 5.02 Å². The predicted molar refractivity (Wildman–Crippen MR) is 40.0 cm³/mol. The van der Waals surface area contributed by atoms with Crippen LogP contribution in [0.25, 0.3) is 0 Å². The van der Waals surface area contributed by atoms with Gasteiger partial charge in [-0.15, -0.1) is 0 Å². The highest BCUT2D eigenvalue weighted by molar-refractivity contribution is 6.35. The zero-order chi connectivity index (χ0) is 6.85. The van der Waals surface area contributed by atoms with Gasteiger partial charge in [0.2, 0.25) is 0 Å². The van der Waals surface area contributed by atoms with Crippen molar-refractivity contribution in [1.29, 1.82) is 0 Å². The topological polar surface area (TPSA) is 0 Å². The summed E-state index contributed by atoms with van der Waals surface area (Å²) in [5.74, 6) is 0. The molecule has 0 nitrogen and oxygen atoms in total. The molecule has 0 aliphatic heterocycles. The second kappa shape index (κ2) is 2.59. The van der Waals surface area contributed by atoms with Crippen LogP contribution in [0.5, 0.6) is 0 Å². The van der Waals surface area contributed by atoms with Gasteiger partial charge < -0.3 is 0 Å². The predicted octanol–water partition coefficient (Wildman–Crippen LogP) is 3.10. The molecule has 0 aliphatic rings. The zero-order valence-corrected chi connectivity index (χ0v) is 6.42. The first-order chi connectivity index (χ1) is 4.22. The van der Waals surface area contributed by atoms with Crippen LogP contribution < -0.4 is 0 Å². The summed E-state index contributed by atoms with van der Waals surface area (Å²) in [4.78, 5) is 0. The third-order valence-corrected chi connectivity index (χ3v) is 1.93. The van der Waals surface area contributed by atoms with Crippen LogP contribution in [0.1, 0.15) is 5.56 Å². The van der Waals surface area contributed by atoms with Crippen LogP contribution in [0.2, 0.25) is 10.0 Å². The van der Waals surface area contributed by atoms with Gasteiger partial charge in [-0.1, -0.05) is 29.3 Å². The fourth-order valence-corrected chi connectivity index (χ4v) is 0.897. The number of halogens is 2. The molecule has 0 unspecified atom stereocenters.